The lowest BCUT2D eigenvalue weighted by atomic mass is 10.1. The van der Waals surface area contributed by atoms with Gasteiger partial charge in [0.2, 0.25) is 5.91 Å². The van der Waals surface area contributed by atoms with Crippen LogP contribution in [0.15, 0.2) is 48.5 Å². The van der Waals surface area contributed by atoms with E-state index in [1.165, 1.54) is 0 Å². The van der Waals surface area contributed by atoms with Gasteiger partial charge in [0.25, 0.3) is 0 Å². The molecule has 0 saturated heterocycles. The maximum Gasteiger partial charge on any atom is 0.230 e. The Bertz CT molecular complexity index is 674. The van der Waals surface area contributed by atoms with Gasteiger partial charge in [0, 0.05) is 0 Å². The fourth-order valence-corrected chi connectivity index (χ4v) is 2.22. The molecule has 0 unspecified atom stereocenters. The Morgan fingerprint density at radius 2 is 1.86 bits per heavy atom. The zero-order valence-electron chi connectivity index (χ0n) is 11.9. The van der Waals surface area contributed by atoms with Crippen molar-refractivity contribution in [3.8, 4) is 5.75 Å². The Balaban J connectivity index is 1.88. The Morgan fingerprint density at radius 3 is 2.50 bits per heavy atom. The van der Waals surface area contributed by atoms with E-state index in [4.69, 9.17) is 28.6 Å². The zero-order valence-corrected chi connectivity index (χ0v) is 13.5. The third-order valence-electron chi connectivity index (χ3n) is 2.90. The highest BCUT2D eigenvalue weighted by Gasteiger charge is 2.07. The first-order valence-electron chi connectivity index (χ1n) is 6.57. The predicted molar refractivity (Wildman–Crippen MR) is 92.5 cm³/mol. The molecule has 0 aromatic heterocycles. The Hall–Kier alpha value is -2.11. The minimum Gasteiger partial charge on any atom is -0.497 e. The summed E-state index contributed by atoms with van der Waals surface area (Å²) in [6.45, 7) is 0. The number of halogens is 1. The van der Waals surface area contributed by atoms with E-state index in [1.807, 2.05) is 36.4 Å². The average Bonchev–Trinajstić information content (AvgIpc) is 2.50. The van der Waals surface area contributed by atoms with Crippen molar-refractivity contribution in [3.05, 3.63) is 59.1 Å². The van der Waals surface area contributed by atoms with Crippen LogP contribution in [0.1, 0.15) is 5.56 Å². The van der Waals surface area contributed by atoms with E-state index >= 15 is 0 Å². The maximum absolute atomic E-state index is 11.9. The van der Waals surface area contributed by atoms with E-state index in [0.29, 0.717) is 10.7 Å². The molecule has 2 aromatic rings. The number of hydrogen-bond acceptors (Lipinski definition) is 3. The van der Waals surface area contributed by atoms with Crippen LogP contribution in [0.4, 0.5) is 5.69 Å². The van der Waals surface area contributed by atoms with Gasteiger partial charge in [0.05, 0.1) is 24.2 Å². The van der Waals surface area contributed by atoms with Gasteiger partial charge in [0.15, 0.2) is 5.11 Å². The lowest BCUT2D eigenvalue weighted by Crippen LogP contribution is -2.35. The molecule has 0 saturated carbocycles. The van der Waals surface area contributed by atoms with Gasteiger partial charge in [-0.1, -0.05) is 35.9 Å². The Labute approximate surface area is 139 Å². The van der Waals surface area contributed by atoms with E-state index in [-0.39, 0.29) is 17.4 Å². The number of benzene rings is 2. The van der Waals surface area contributed by atoms with Crippen LogP contribution in [0.2, 0.25) is 5.02 Å². The van der Waals surface area contributed by atoms with Crippen molar-refractivity contribution >= 4 is 40.5 Å². The summed E-state index contributed by atoms with van der Waals surface area (Å²) >= 11 is 11.1. The van der Waals surface area contributed by atoms with Crippen molar-refractivity contribution in [1.29, 1.82) is 0 Å². The summed E-state index contributed by atoms with van der Waals surface area (Å²) in [4.78, 5) is 11.9. The summed E-state index contributed by atoms with van der Waals surface area (Å²) in [5.74, 6) is 0.551. The van der Waals surface area contributed by atoms with Gasteiger partial charge in [-0.25, -0.2) is 0 Å². The Kier molecular flexibility index (Phi) is 5.75. The highest BCUT2D eigenvalue weighted by atomic mass is 35.5. The van der Waals surface area contributed by atoms with Crippen molar-refractivity contribution in [2.24, 2.45) is 0 Å². The number of rotatable bonds is 4. The normalized spacial score (nSPS) is 9.91. The number of amides is 1. The topological polar surface area (TPSA) is 50.4 Å². The lowest BCUT2D eigenvalue weighted by Gasteiger charge is -2.10. The number of ether oxygens (including phenoxy) is 1. The van der Waals surface area contributed by atoms with Gasteiger partial charge in [-0.2, -0.15) is 0 Å². The molecule has 2 rings (SSSR count). The molecule has 0 fully saturated rings. The first-order chi connectivity index (χ1) is 10.6. The number of carbonyl (C=O) groups is 1. The van der Waals surface area contributed by atoms with Gasteiger partial charge in [-0.3, -0.25) is 4.79 Å². The third kappa shape index (κ3) is 4.72. The molecule has 4 nitrogen and oxygen atoms in total. The van der Waals surface area contributed by atoms with Crippen LogP contribution in [0.25, 0.3) is 0 Å². The van der Waals surface area contributed by atoms with Crippen LogP contribution in [-0.2, 0) is 11.2 Å². The van der Waals surface area contributed by atoms with Crippen molar-refractivity contribution in [2.45, 2.75) is 6.42 Å². The molecule has 0 aliphatic heterocycles. The molecule has 0 heterocycles. The molecule has 0 atom stereocenters. The molecule has 22 heavy (non-hydrogen) atoms. The van der Waals surface area contributed by atoms with Crippen LogP contribution in [-0.4, -0.2) is 18.1 Å². The second-order valence-electron chi connectivity index (χ2n) is 4.51. The molecule has 2 N–H and O–H groups in total. The van der Waals surface area contributed by atoms with Crippen LogP contribution in [0.5, 0.6) is 5.75 Å². The second kappa shape index (κ2) is 7.77. The molecule has 6 heteroatoms. The molecule has 0 spiro atoms. The van der Waals surface area contributed by atoms with Crippen LogP contribution < -0.4 is 15.4 Å². The molecule has 0 aliphatic rings. The van der Waals surface area contributed by atoms with E-state index in [0.717, 1.165) is 11.3 Å². The summed E-state index contributed by atoms with van der Waals surface area (Å²) < 4.78 is 5.07. The molecular formula is C16H15ClN2O2S. The van der Waals surface area contributed by atoms with Crippen molar-refractivity contribution < 1.29 is 9.53 Å². The number of anilines is 1. The quantitative estimate of drug-likeness (QED) is 0.841. The third-order valence-corrected chi connectivity index (χ3v) is 3.43. The molecule has 0 aliphatic carbocycles. The minimum atomic E-state index is -0.199. The van der Waals surface area contributed by atoms with Crippen molar-refractivity contribution in [1.82, 2.24) is 5.32 Å². The van der Waals surface area contributed by atoms with Gasteiger partial charge in [0.1, 0.15) is 5.75 Å². The fraction of sp³-hybridized carbons (Fsp3) is 0.125. The molecule has 1 amide bonds. The smallest absolute Gasteiger partial charge is 0.230 e. The molecule has 0 bridgehead atoms. The largest absolute Gasteiger partial charge is 0.497 e. The Morgan fingerprint density at radius 1 is 1.18 bits per heavy atom. The van der Waals surface area contributed by atoms with Crippen LogP contribution in [0.3, 0.4) is 0 Å². The van der Waals surface area contributed by atoms with Crippen LogP contribution >= 0.6 is 23.8 Å². The van der Waals surface area contributed by atoms with Crippen molar-refractivity contribution in [3.63, 3.8) is 0 Å². The summed E-state index contributed by atoms with van der Waals surface area (Å²) in [7, 11) is 1.60. The number of methoxy groups -OCH3 is 1. The lowest BCUT2D eigenvalue weighted by molar-refractivity contribution is -0.119. The zero-order chi connectivity index (χ0) is 15.9. The molecule has 114 valence electrons. The average molecular weight is 335 g/mol. The first kappa shape index (κ1) is 16.3. The minimum absolute atomic E-state index is 0.199. The second-order valence-corrected chi connectivity index (χ2v) is 5.32. The SMILES string of the molecule is COc1ccc(CC(=O)NC(=S)Nc2ccccc2Cl)cc1. The number of nitrogens with one attached hydrogen (secondary N) is 2. The molecule has 2 aromatic carbocycles. The van der Waals surface area contributed by atoms with Gasteiger partial charge in [-0.15, -0.1) is 0 Å². The van der Waals surface area contributed by atoms with E-state index in [9.17, 15) is 4.79 Å². The van der Waals surface area contributed by atoms with Crippen LogP contribution in [0, 0.1) is 0 Å². The first-order valence-corrected chi connectivity index (χ1v) is 7.35. The molecule has 0 radical (unpaired) electrons. The number of hydrogen-bond donors (Lipinski definition) is 2. The maximum atomic E-state index is 11.9. The number of thiocarbonyl (C=S) groups is 1. The van der Waals surface area contributed by atoms with Gasteiger partial charge < -0.3 is 15.4 Å². The standard InChI is InChI=1S/C16H15ClN2O2S/c1-21-12-8-6-11(7-9-12)10-15(20)19-16(22)18-14-5-3-2-4-13(14)17/h2-9H,10H2,1H3,(H2,18,19,20,22). The summed E-state index contributed by atoms with van der Waals surface area (Å²) in [6.07, 6.45) is 0.230. The van der Waals surface area contributed by atoms with Gasteiger partial charge >= 0.3 is 0 Å². The highest BCUT2D eigenvalue weighted by Crippen LogP contribution is 2.20. The number of para-hydroxylation sites is 1. The summed E-state index contributed by atoms with van der Waals surface area (Å²) in [5, 5.41) is 6.27. The van der Waals surface area contributed by atoms with E-state index in [2.05, 4.69) is 10.6 Å². The van der Waals surface area contributed by atoms with Crippen molar-refractivity contribution in [2.75, 3.05) is 12.4 Å². The van der Waals surface area contributed by atoms with Gasteiger partial charge in [-0.05, 0) is 42.0 Å². The highest BCUT2D eigenvalue weighted by molar-refractivity contribution is 7.80. The summed E-state index contributed by atoms with van der Waals surface area (Å²) in [5.41, 5.74) is 1.53. The monoisotopic (exact) mass is 334 g/mol. The summed E-state index contributed by atoms with van der Waals surface area (Å²) in [6, 6.07) is 14.5. The fourth-order valence-electron chi connectivity index (χ4n) is 1.82. The van der Waals surface area contributed by atoms with E-state index in [1.54, 1.807) is 19.2 Å². The number of carbonyl (C=O) groups excluding carboxylic acids is 1. The van der Waals surface area contributed by atoms with E-state index < -0.39 is 0 Å². The predicted octanol–water partition coefficient (Wildman–Crippen LogP) is 3.40. The molecular weight excluding hydrogens is 320 g/mol.